The molecule has 174 valence electrons. The molecule has 0 aliphatic carbocycles. The second kappa shape index (κ2) is 10.2. The molecule has 0 amide bonds. The maximum Gasteiger partial charge on any atom is 0.490 e. The Balaban J connectivity index is 0.000000360. The first-order valence-electron chi connectivity index (χ1n) is 10.7. The fraction of sp³-hybridized carbons (Fsp3) is 0.545. The van der Waals surface area contributed by atoms with Crippen LogP contribution in [0.5, 0.6) is 0 Å². The maximum atomic E-state index is 10.6. The number of piperidine rings is 1. The predicted molar refractivity (Wildman–Crippen MR) is 113 cm³/mol. The summed E-state index contributed by atoms with van der Waals surface area (Å²) in [6, 6.07) is 6.18. The molecule has 1 N–H and O–H groups in total. The Morgan fingerprint density at radius 1 is 1.09 bits per heavy atom. The standard InChI is InChI=1S/C20H27N5.C2HF3O2/c1-2-17-13-22-19(23-14-17)25-12-8-20(16-25)6-10-24(11-7-20)15-18-5-3-4-9-21-18;3-2(4,5)1(6)7/h3-5,9,13-14H,2,6-8,10-12,15-16H2,1H3;(H,6,7). The normalized spacial score (nSPS) is 18.3. The Kier molecular flexibility index (Phi) is 7.65. The second-order valence-corrected chi connectivity index (χ2v) is 8.32. The van der Waals surface area contributed by atoms with Crippen molar-refractivity contribution in [2.45, 2.75) is 45.3 Å². The van der Waals surface area contributed by atoms with Crippen molar-refractivity contribution in [3.05, 3.63) is 48.0 Å². The number of nitrogens with zero attached hydrogens (tertiary/aromatic N) is 5. The van der Waals surface area contributed by atoms with E-state index in [0.717, 1.165) is 32.0 Å². The van der Waals surface area contributed by atoms with Crippen LogP contribution < -0.4 is 4.90 Å². The highest BCUT2D eigenvalue weighted by atomic mass is 19.4. The van der Waals surface area contributed by atoms with Gasteiger partial charge < -0.3 is 10.0 Å². The summed E-state index contributed by atoms with van der Waals surface area (Å²) in [4.78, 5) is 27.4. The van der Waals surface area contributed by atoms with E-state index in [0.29, 0.717) is 5.41 Å². The van der Waals surface area contributed by atoms with Gasteiger partial charge in [-0.25, -0.2) is 14.8 Å². The maximum absolute atomic E-state index is 10.6. The number of carbonyl (C=O) groups is 1. The van der Waals surface area contributed by atoms with E-state index in [4.69, 9.17) is 9.90 Å². The van der Waals surface area contributed by atoms with E-state index in [1.54, 1.807) is 0 Å². The summed E-state index contributed by atoms with van der Waals surface area (Å²) in [5, 5.41) is 7.12. The first-order valence-corrected chi connectivity index (χ1v) is 10.7. The summed E-state index contributed by atoms with van der Waals surface area (Å²) in [7, 11) is 0. The van der Waals surface area contributed by atoms with Gasteiger partial charge in [-0.3, -0.25) is 9.88 Å². The van der Waals surface area contributed by atoms with Gasteiger partial charge in [0.1, 0.15) is 0 Å². The highest BCUT2D eigenvalue weighted by Gasteiger charge is 2.41. The van der Waals surface area contributed by atoms with Crippen molar-refractivity contribution in [2.75, 3.05) is 31.1 Å². The van der Waals surface area contributed by atoms with E-state index >= 15 is 0 Å². The molecule has 0 bridgehead atoms. The number of pyridine rings is 1. The van der Waals surface area contributed by atoms with Crippen LogP contribution in [0.1, 0.15) is 37.4 Å². The van der Waals surface area contributed by atoms with E-state index < -0.39 is 12.1 Å². The van der Waals surface area contributed by atoms with Gasteiger partial charge >= 0.3 is 12.1 Å². The zero-order valence-corrected chi connectivity index (χ0v) is 18.1. The van der Waals surface area contributed by atoms with Crippen molar-refractivity contribution in [1.82, 2.24) is 19.9 Å². The van der Waals surface area contributed by atoms with Gasteiger partial charge in [-0.2, -0.15) is 13.2 Å². The SMILES string of the molecule is CCc1cnc(N2CCC3(CCN(Cc4ccccn4)CC3)C2)nc1.O=C(O)C(F)(F)F. The number of aryl methyl sites for hydroxylation is 1. The van der Waals surface area contributed by atoms with Gasteiger partial charge in [0, 0.05) is 38.2 Å². The van der Waals surface area contributed by atoms with Crippen LogP contribution in [0.15, 0.2) is 36.8 Å². The number of anilines is 1. The predicted octanol–water partition coefficient (Wildman–Crippen LogP) is 3.56. The molecule has 7 nitrogen and oxygen atoms in total. The van der Waals surface area contributed by atoms with Crippen molar-refractivity contribution in [1.29, 1.82) is 0 Å². The van der Waals surface area contributed by atoms with E-state index in [-0.39, 0.29) is 0 Å². The molecule has 0 unspecified atom stereocenters. The molecule has 10 heteroatoms. The average Bonchev–Trinajstić information content (AvgIpc) is 3.20. The summed E-state index contributed by atoms with van der Waals surface area (Å²) in [5.41, 5.74) is 2.84. The zero-order valence-electron chi connectivity index (χ0n) is 18.1. The third-order valence-corrected chi connectivity index (χ3v) is 6.09. The van der Waals surface area contributed by atoms with E-state index in [1.807, 2.05) is 24.7 Å². The second-order valence-electron chi connectivity index (χ2n) is 8.32. The minimum absolute atomic E-state index is 0.452. The molecule has 2 aliphatic rings. The number of hydrogen-bond donors (Lipinski definition) is 1. The molecule has 0 aromatic carbocycles. The fourth-order valence-corrected chi connectivity index (χ4v) is 4.11. The number of halogens is 3. The molecule has 2 aromatic heterocycles. The number of alkyl halides is 3. The number of rotatable bonds is 4. The van der Waals surface area contributed by atoms with Crippen LogP contribution in [0.4, 0.5) is 19.1 Å². The van der Waals surface area contributed by atoms with Gasteiger partial charge in [-0.05, 0) is 61.9 Å². The fourth-order valence-electron chi connectivity index (χ4n) is 4.11. The monoisotopic (exact) mass is 451 g/mol. The number of likely N-dealkylation sites (tertiary alicyclic amines) is 1. The number of aliphatic carboxylic acids is 1. The van der Waals surface area contributed by atoms with Gasteiger partial charge in [0.2, 0.25) is 5.95 Å². The first kappa shape index (κ1) is 23.9. The van der Waals surface area contributed by atoms with Crippen molar-refractivity contribution in [3.63, 3.8) is 0 Å². The van der Waals surface area contributed by atoms with Crippen molar-refractivity contribution >= 4 is 11.9 Å². The zero-order chi connectivity index (χ0) is 23.2. The summed E-state index contributed by atoms with van der Waals surface area (Å²) >= 11 is 0. The molecule has 2 aromatic rings. The number of hydrogen-bond acceptors (Lipinski definition) is 6. The summed E-state index contributed by atoms with van der Waals surface area (Å²) < 4.78 is 31.7. The van der Waals surface area contributed by atoms with Gasteiger partial charge in [-0.1, -0.05) is 13.0 Å². The molecule has 4 heterocycles. The average molecular weight is 451 g/mol. The Labute approximate surface area is 185 Å². The van der Waals surface area contributed by atoms with Gasteiger partial charge in [-0.15, -0.1) is 0 Å². The van der Waals surface area contributed by atoms with E-state index in [1.165, 1.54) is 43.6 Å². The van der Waals surface area contributed by atoms with Crippen molar-refractivity contribution in [3.8, 4) is 0 Å². The summed E-state index contributed by atoms with van der Waals surface area (Å²) in [6.45, 7) is 7.64. The quantitative estimate of drug-likeness (QED) is 0.761. The van der Waals surface area contributed by atoms with Crippen LogP contribution >= 0.6 is 0 Å². The molecule has 32 heavy (non-hydrogen) atoms. The lowest BCUT2D eigenvalue weighted by Gasteiger charge is -2.39. The van der Waals surface area contributed by atoms with Gasteiger partial charge in [0.05, 0.1) is 5.69 Å². The van der Waals surface area contributed by atoms with Crippen LogP contribution in [-0.4, -0.2) is 63.3 Å². The largest absolute Gasteiger partial charge is 0.490 e. The molecule has 2 fully saturated rings. The molecule has 2 aliphatic heterocycles. The molecule has 0 radical (unpaired) electrons. The molecule has 4 rings (SSSR count). The smallest absolute Gasteiger partial charge is 0.475 e. The van der Waals surface area contributed by atoms with E-state index in [9.17, 15) is 13.2 Å². The lowest BCUT2D eigenvalue weighted by Crippen LogP contribution is -2.41. The number of aromatic nitrogens is 3. The van der Waals surface area contributed by atoms with Crippen molar-refractivity contribution in [2.24, 2.45) is 5.41 Å². The third-order valence-electron chi connectivity index (χ3n) is 6.09. The third kappa shape index (κ3) is 6.38. The van der Waals surface area contributed by atoms with Crippen LogP contribution in [0.2, 0.25) is 0 Å². The van der Waals surface area contributed by atoms with Crippen molar-refractivity contribution < 1.29 is 23.1 Å². The highest BCUT2D eigenvalue weighted by Crippen LogP contribution is 2.41. The molecule has 0 atom stereocenters. The first-order chi connectivity index (χ1) is 15.2. The van der Waals surface area contributed by atoms with Gasteiger partial charge in [0.15, 0.2) is 0 Å². The minimum Gasteiger partial charge on any atom is -0.475 e. The minimum atomic E-state index is -5.08. The topological polar surface area (TPSA) is 82.5 Å². The van der Waals surface area contributed by atoms with Crippen LogP contribution in [0, 0.1) is 5.41 Å². The molecular weight excluding hydrogens is 423 g/mol. The Morgan fingerprint density at radius 3 is 2.25 bits per heavy atom. The number of carboxylic acids is 1. The lowest BCUT2D eigenvalue weighted by atomic mass is 9.78. The highest BCUT2D eigenvalue weighted by molar-refractivity contribution is 5.73. The van der Waals surface area contributed by atoms with Crippen LogP contribution in [0.25, 0.3) is 0 Å². The summed E-state index contributed by atoms with van der Waals surface area (Å²) in [6.07, 6.45) is 5.55. The van der Waals surface area contributed by atoms with Crippen LogP contribution in [-0.2, 0) is 17.8 Å². The molecular formula is C22H28F3N5O2. The lowest BCUT2D eigenvalue weighted by molar-refractivity contribution is -0.192. The van der Waals surface area contributed by atoms with E-state index in [2.05, 4.69) is 43.8 Å². The Hall–Kier alpha value is -2.75. The Bertz CT molecular complexity index is 869. The number of carboxylic acid groups (broad SMARTS) is 1. The molecule has 2 saturated heterocycles. The molecule has 0 saturated carbocycles. The molecule has 1 spiro atoms. The summed E-state index contributed by atoms with van der Waals surface area (Å²) in [5.74, 6) is -1.85. The van der Waals surface area contributed by atoms with Crippen LogP contribution in [0.3, 0.4) is 0 Å². The van der Waals surface area contributed by atoms with Gasteiger partial charge in [0.25, 0.3) is 0 Å². The Morgan fingerprint density at radius 2 is 1.72 bits per heavy atom.